The zero-order valence-electron chi connectivity index (χ0n) is 12.3. The number of anilines is 3. The molecule has 0 atom stereocenters. The molecule has 0 unspecified atom stereocenters. The van der Waals surface area contributed by atoms with Crippen LogP contribution in [0.2, 0.25) is 0 Å². The Hall–Kier alpha value is -1.13. The molecule has 3 rings (SSSR count). The second kappa shape index (κ2) is 5.01. The molecule has 4 heteroatoms. The standard InChI is InChI=1S/C16H20N2S2/c1-9(2)15-13(17)14-16(20-15)19-12-8-6-5-7-11(12)18(14)10(3)4/h5-10H,17H2,1-4H3. The molecule has 2 N–H and O–H groups in total. The van der Waals surface area contributed by atoms with E-state index in [1.54, 1.807) is 0 Å². The van der Waals surface area contributed by atoms with E-state index >= 15 is 0 Å². The van der Waals surface area contributed by atoms with Gasteiger partial charge >= 0.3 is 0 Å². The molecule has 2 aromatic rings. The molecule has 0 amide bonds. The lowest BCUT2D eigenvalue weighted by molar-refractivity contribution is 0.776. The highest BCUT2D eigenvalue weighted by Gasteiger charge is 2.31. The highest BCUT2D eigenvalue weighted by atomic mass is 32.2. The van der Waals surface area contributed by atoms with Crippen LogP contribution in [0.5, 0.6) is 0 Å². The maximum Gasteiger partial charge on any atom is 0.0909 e. The average Bonchev–Trinajstić information content (AvgIpc) is 2.73. The van der Waals surface area contributed by atoms with Gasteiger partial charge in [-0.2, -0.15) is 0 Å². The number of para-hydroxylation sites is 1. The van der Waals surface area contributed by atoms with Gasteiger partial charge in [-0.1, -0.05) is 37.7 Å². The van der Waals surface area contributed by atoms with E-state index in [1.165, 1.54) is 25.4 Å². The van der Waals surface area contributed by atoms with Crippen molar-refractivity contribution in [1.29, 1.82) is 0 Å². The van der Waals surface area contributed by atoms with Crippen LogP contribution < -0.4 is 10.6 Å². The Morgan fingerprint density at radius 2 is 1.80 bits per heavy atom. The highest BCUT2D eigenvalue weighted by molar-refractivity contribution is 8.01. The average molecular weight is 304 g/mol. The number of nitrogen functional groups attached to an aromatic ring is 1. The van der Waals surface area contributed by atoms with Gasteiger partial charge in [0.05, 0.1) is 21.3 Å². The third kappa shape index (κ3) is 2.02. The number of fused-ring (bicyclic) bond motifs is 2. The number of nitrogens with zero attached hydrogens (tertiary/aromatic N) is 1. The van der Waals surface area contributed by atoms with Gasteiger partial charge in [0.25, 0.3) is 0 Å². The first kappa shape index (κ1) is 13.8. The minimum Gasteiger partial charge on any atom is -0.396 e. The number of hydrogen-bond donors (Lipinski definition) is 1. The maximum atomic E-state index is 6.47. The van der Waals surface area contributed by atoms with Crippen molar-refractivity contribution >= 4 is 40.2 Å². The summed E-state index contributed by atoms with van der Waals surface area (Å²) in [7, 11) is 0. The molecule has 2 heterocycles. The molecule has 106 valence electrons. The van der Waals surface area contributed by atoms with E-state index in [-0.39, 0.29) is 0 Å². The van der Waals surface area contributed by atoms with Crippen LogP contribution in [0.3, 0.4) is 0 Å². The Morgan fingerprint density at radius 3 is 2.45 bits per heavy atom. The lowest BCUT2D eigenvalue weighted by atomic mass is 10.1. The van der Waals surface area contributed by atoms with Crippen molar-refractivity contribution in [2.24, 2.45) is 0 Å². The van der Waals surface area contributed by atoms with Crippen LogP contribution in [0, 0.1) is 0 Å². The molecule has 2 nitrogen and oxygen atoms in total. The summed E-state index contributed by atoms with van der Waals surface area (Å²) in [5.74, 6) is 0.475. The first-order valence-corrected chi connectivity index (χ1v) is 8.62. The van der Waals surface area contributed by atoms with E-state index in [2.05, 4.69) is 56.9 Å². The van der Waals surface area contributed by atoms with E-state index < -0.39 is 0 Å². The first-order chi connectivity index (χ1) is 9.50. The van der Waals surface area contributed by atoms with Crippen molar-refractivity contribution in [2.45, 2.75) is 48.8 Å². The molecule has 0 bridgehead atoms. The number of nitrogens with two attached hydrogens (primary N) is 1. The molecule has 0 saturated heterocycles. The summed E-state index contributed by atoms with van der Waals surface area (Å²) in [5.41, 5.74) is 9.93. The molecule has 0 spiro atoms. The minimum atomic E-state index is 0.396. The van der Waals surface area contributed by atoms with Gasteiger partial charge in [-0.25, -0.2) is 0 Å². The van der Waals surface area contributed by atoms with E-state index in [0.717, 1.165) is 5.69 Å². The van der Waals surface area contributed by atoms with Gasteiger partial charge in [0.15, 0.2) is 0 Å². The van der Waals surface area contributed by atoms with Crippen LogP contribution in [-0.2, 0) is 0 Å². The summed E-state index contributed by atoms with van der Waals surface area (Å²) < 4.78 is 1.33. The predicted molar refractivity (Wildman–Crippen MR) is 90.7 cm³/mol. The summed E-state index contributed by atoms with van der Waals surface area (Å²) in [6.07, 6.45) is 0. The summed E-state index contributed by atoms with van der Waals surface area (Å²) in [6, 6.07) is 9.00. The molecule has 0 saturated carbocycles. The number of hydrogen-bond acceptors (Lipinski definition) is 4. The monoisotopic (exact) mass is 304 g/mol. The number of benzene rings is 1. The topological polar surface area (TPSA) is 29.3 Å². The smallest absolute Gasteiger partial charge is 0.0909 e. The second-order valence-electron chi connectivity index (χ2n) is 5.70. The fraction of sp³-hybridized carbons (Fsp3) is 0.375. The Balaban J connectivity index is 2.22. The van der Waals surface area contributed by atoms with Crippen LogP contribution in [0.15, 0.2) is 33.4 Å². The van der Waals surface area contributed by atoms with Gasteiger partial charge < -0.3 is 10.6 Å². The van der Waals surface area contributed by atoms with Crippen molar-refractivity contribution in [3.8, 4) is 0 Å². The molecule has 20 heavy (non-hydrogen) atoms. The number of thiophene rings is 1. The summed E-state index contributed by atoms with van der Waals surface area (Å²) >= 11 is 3.70. The van der Waals surface area contributed by atoms with Gasteiger partial charge in [0, 0.05) is 15.8 Å². The fourth-order valence-corrected chi connectivity index (χ4v) is 5.23. The SMILES string of the molecule is CC(C)c1sc2c(c1N)N(C(C)C)c1ccccc1S2. The lowest BCUT2D eigenvalue weighted by Gasteiger charge is -2.34. The van der Waals surface area contributed by atoms with Crippen molar-refractivity contribution < 1.29 is 0 Å². The van der Waals surface area contributed by atoms with Crippen LogP contribution in [-0.4, -0.2) is 6.04 Å². The summed E-state index contributed by atoms with van der Waals surface area (Å²) in [5, 5.41) is 0. The molecule has 0 radical (unpaired) electrons. The van der Waals surface area contributed by atoms with E-state index in [4.69, 9.17) is 5.73 Å². The Labute approximate surface area is 129 Å². The predicted octanol–water partition coefficient (Wildman–Crippen LogP) is 5.46. The van der Waals surface area contributed by atoms with E-state index in [1.807, 2.05) is 23.1 Å². The normalized spacial score (nSPS) is 13.8. The zero-order chi connectivity index (χ0) is 14.4. The minimum absolute atomic E-state index is 0.396. The zero-order valence-corrected chi connectivity index (χ0v) is 13.9. The number of rotatable bonds is 2. The quantitative estimate of drug-likeness (QED) is 0.798. The van der Waals surface area contributed by atoms with Crippen LogP contribution >= 0.6 is 23.1 Å². The molecule has 0 fully saturated rings. The summed E-state index contributed by atoms with van der Waals surface area (Å²) in [6.45, 7) is 8.88. The molecule has 1 aromatic carbocycles. The maximum absolute atomic E-state index is 6.47. The van der Waals surface area contributed by atoms with Gasteiger partial charge in [0.1, 0.15) is 0 Å². The van der Waals surface area contributed by atoms with Crippen molar-refractivity contribution in [3.05, 3.63) is 29.1 Å². The van der Waals surface area contributed by atoms with E-state index in [0.29, 0.717) is 12.0 Å². The van der Waals surface area contributed by atoms with Crippen molar-refractivity contribution in [3.63, 3.8) is 0 Å². The highest BCUT2D eigenvalue weighted by Crippen LogP contribution is 2.56. The Morgan fingerprint density at radius 1 is 1.10 bits per heavy atom. The third-order valence-corrected chi connectivity index (χ3v) is 6.26. The molecule has 1 aromatic heterocycles. The Bertz CT molecular complexity index is 644. The lowest BCUT2D eigenvalue weighted by Crippen LogP contribution is -2.28. The van der Waals surface area contributed by atoms with Gasteiger partial charge in [-0.3, -0.25) is 0 Å². The van der Waals surface area contributed by atoms with Crippen LogP contribution in [0.1, 0.15) is 38.5 Å². The summed E-state index contributed by atoms with van der Waals surface area (Å²) in [4.78, 5) is 5.02. The molecular formula is C16H20N2S2. The first-order valence-electron chi connectivity index (χ1n) is 6.99. The van der Waals surface area contributed by atoms with Crippen molar-refractivity contribution in [1.82, 2.24) is 0 Å². The van der Waals surface area contributed by atoms with E-state index in [9.17, 15) is 0 Å². The van der Waals surface area contributed by atoms with Gasteiger partial charge in [-0.15, -0.1) is 11.3 Å². The molecule has 1 aliphatic rings. The second-order valence-corrected chi connectivity index (χ2v) is 8.07. The van der Waals surface area contributed by atoms with Gasteiger partial charge in [-0.05, 0) is 31.9 Å². The Kier molecular flexibility index (Phi) is 3.46. The molecule has 0 aliphatic carbocycles. The third-order valence-electron chi connectivity index (χ3n) is 3.53. The largest absolute Gasteiger partial charge is 0.396 e. The van der Waals surface area contributed by atoms with Gasteiger partial charge in [0.2, 0.25) is 0 Å². The van der Waals surface area contributed by atoms with Crippen LogP contribution in [0.4, 0.5) is 17.1 Å². The van der Waals surface area contributed by atoms with Crippen LogP contribution in [0.25, 0.3) is 0 Å². The molecule has 1 aliphatic heterocycles. The molecular weight excluding hydrogens is 284 g/mol. The fourth-order valence-electron chi connectivity index (χ4n) is 2.66. The van der Waals surface area contributed by atoms with Crippen molar-refractivity contribution in [2.75, 3.05) is 10.6 Å².